The van der Waals surface area contributed by atoms with E-state index in [0.717, 1.165) is 13.0 Å². The number of hydrogen-bond acceptors (Lipinski definition) is 3. The van der Waals surface area contributed by atoms with Crippen molar-refractivity contribution in [3.63, 3.8) is 0 Å². The molecule has 0 aromatic heterocycles. The van der Waals surface area contributed by atoms with E-state index in [1.54, 1.807) is 7.05 Å². The first-order valence-electron chi connectivity index (χ1n) is 9.15. The smallest absolute Gasteiger partial charge is 0.378 e. The van der Waals surface area contributed by atoms with E-state index in [2.05, 4.69) is 15.6 Å². The second kappa shape index (κ2) is 10.3. The summed E-state index contributed by atoms with van der Waals surface area (Å²) in [6.07, 6.45) is 1.91. The van der Waals surface area contributed by atoms with Crippen LogP contribution >= 0.6 is 24.0 Å². The Hall–Kier alpha value is -0.290. The van der Waals surface area contributed by atoms with Gasteiger partial charge in [-0.1, -0.05) is 12.8 Å². The van der Waals surface area contributed by atoms with Crippen LogP contribution in [0.2, 0.25) is 0 Å². The molecule has 2 saturated carbocycles. The fourth-order valence-electron chi connectivity index (χ4n) is 4.20. The van der Waals surface area contributed by atoms with Crippen LogP contribution in [-0.2, 0) is 4.74 Å². The molecule has 9 heteroatoms. The third-order valence-electron chi connectivity index (χ3n) is 5.46. The average Bonchev–Trinajstić information content (AvgIpc) is 3.03. The minimum absolute atomic E-state index is 0. The van der Waals surface area contributed by atoms with E-state index in [-0.39, 0.29) is 29.4 Å². The summed E-state index contributed by atoms with van der Waals surface area (Å²) in [6.45, 7) is 2.58. The Morgan fingerprint density at radius 2 is 1.96 bits per heavy atom. The number of alkyl halides is 3. The third kappa shape index (κ3) is 6.12. The first-order chi connectivity index (χ1) is 11.8. The molecular weight excluding hydrogens is 460 g/mol. The fourth-order valence-corrected chi connectivity index (χ4v) is 4.20. The highest BCUT2D eigenvalue weighted by Crippen LogP contribution is 2.54. The lowest BCUT2D eigenvalue weighted by molar-refractivity contribution is -0.142. The highest BCUT2D eigenvalue weighted by molar-refractivity contribution is 14.0. The summed E-state index contributed by atoms with van der Waals surface area (Å²) < 4.78 is 42.9. The molecule has 26 heavy (non-hydrogen) atoms. The quantitative estimate of drug-likeness (QED) is 0.326. The van der Waals surface area contributed by atoms with Crippen molar-refractivity contribution in [1.82, 2.24) is 15.5 Å². The van der Waals surface area contributed by atoms with Gasteiger partial charge in [0.2, 0.25) is 0 Å². The van der Waals surface area contributed by atoms with Crippen LogP contribution in [-0.4, -0.2) is 69.5 Å². The molecule has 2 aliphatic carbocycles. The van der Waals surface area contributed by atoms with Gasteiger partial charge < -0.3 is 15.4 Å². The van der Waals surface area contributed by atoms with E-state index in [1.165, 1.54) is 37.6 Å². The number of likely N-dealkylation sites (N-methyl/N-ethyl adjacent to an activating group) is 1. The van der Waals surface area contributed by atoms with Gasteiger partial charge in [0.25, 0.3) is 0 Å². The lowest BCUT2D eigenvalue weighted by Crippen LogP contribution is -2.65. The average molecular weight is 492 g/mol. The van der Waals surface area contributed by atoms with Gasteiger partial charge >= 0.3 is 6.18 Å². The SMILES string of the molecule is CCOC1CC(NC(=NC)NCCN(C)CC(F)(F)F)C12CCCC2.I. The second-order valence-electron chi connectivity index (χ2n) is 7.17. The molecule has 154 valence electrons. The van der Waals surface area contributed by atoms with Gasteiger partial charge in [-0.05, 0) is 33.2 Å². The van der Waals surface area contributed by atoms with Crippen molar-refractivity contribution in [2.24, 2.45) is 10.4 Å². The summed E-state index contributed by atoms with van der Waals surface area (Å²) in [5.74, 6) is 0.659. The topological polar surface area (TPSA) is 48.9 Å². The van der Waals surface area contributed by atoms with E-state index in [1.807, 2.05) is 6.92 Å². The van der Waals surface area contributed by atoms with Crippen molar-refractivity contribution < 1.29 is 17.9 Å². The van der Waals surface area contributed by atoms with Crippen molar-refractivity contribution in [3.05, 3.63) is 0 Å². The van der Waals surface area contributed by atoms with Crippen LogP contribution in [0, 0.1) is 5.41 Å². The molecule has 0 radical (unpaired) electrons. The van der Waals surface area contributed by atoms with Crippen molar-refractivity contribution in [3.8, 4) is 0 Å². The lowest BCUT2D eigenvalue weighted by Gasteiger charge is -2.54. The maximum Gasteiger partial charge on any atom is 0.401 e. The van der Waals surface area contributed by atoms with Gasteiger partial charge in [-0.2, -0.15) is 13.2 Å². The predicted molar refractivity (Wildman–Crippen MR) is 108 cm³/mol. The Labute approximate surface area is 171 Å². The Morgan fingerprint density at radius 1 is 1.31 bits per heavy atom. The molecule has 0 aromatic rings. The Balaban J connectivity index is 0.00000338. The van der Waals surface area contributed by atoms with Crippen LogP contribution in [0.25, 0.3) is 0 Å². The first-order valence-corrected chi connectivity index (χ1v) is 9.15. The molecular formula is C17H32F3IN4O. The zero-order chi connectivity index (χ0) is 18.5. The Morgan fingerprint density at radius 3 is 2.50 bits per heavy atom. The molecule has 0 aliphatic heterocycles. The standard InChI is InChI=1S/C17H31F3N4O.HI/c1-4-25-14-11-13(16(14)7-5-6-8-16)23-15(21-2)22-9-10-24(3)12-17(18,19)20;/h13-14H,4-12H2,1-3H3,(H2,21,22,23);1H. The van der Waals surface area contributed by atoms with Gasteiger partial charge in [-0.15, -0.1) is 24.0 Å². The normalized spacial score (nSPS) is 25.1. The van der Waals surface area contributed by atoms with Gasteiger partial charge in [0.1, 0.15) is 0 Å². The Kier molecular flexibility index (Phi) is 9.42. The van der Waals surface area contributed by atoms with Gasteiger partial charge in [0.15, 0.2) is 5.96 Å². The summed E-state index contributed by atoms with van der Waals surface area (Å²) in [5.41, 5.74) is 0.195. The highest BCUT2D eigenvalue weighted by Gasteiger charge is 2.56. The summed E-state index contributed by atoms with van der Waals surface area (Å²) in [6, 6.07) is 0.325. The maximum atomic E-state index is 12.3. The van der Waals surface area contributed by atoms with Gasteiger partial charge in [0.05, 0.1) is 12.6 Å². The molecule has 2 aliphatic rings. The molecule has 0 amide bonds. The number of aliphatic imine (C=N–C) groups is 1. The van der Waals surface area contributed by atoms with Crippen LogP contribution in [0.15, 0.2) is 4.99 Å². The number of nitrogens with zero attached hydrogens (tertiary/aromatic N) is 2. The predicted octanol–water partition coefficient (Wildman–Crippen LogP) is 3.00. The lowest BCUT2D eigenvalue weighted by atomic mass is 9.60. The summed E-state index contributed by atoms with van der Waals surface area (Å²) in [7, 11) is 3.16. The van der Waals surface area contributed by atoms with E-state index in [9.17, 15) is 13.2 Å². The number of nitrogens with one attached hydrogen (secondary N) is 2. The highest BCUT2D eigenvalue weighted by atomic mass is 127. The van der Waals surface area contributed by atoms with Crippen LogP contribution in [0.4, 0.5) is 13.2 Å². The molecule has 2 fully saturated rings. The van der Waals surface area contributed by atoms with Gasteiger partial charge in [-0.3, -0.25) is 9.89 Å². The van der Waals surface area contributed by atoms with Gasteiger partial charge in [0, 0.05) is 38.2 Å². The van der Waals surface area contributed by atoms with E-state index in [0.29, 0.717) is 31.2 Å². The number of rotatable bonds is 7. The summed E-state index contributed by atoms with van der Waals surface area (Å²) >= 11 is 0. The Bertz CT molecular complexity index is 456. The minimum atomic E-state index is -4.16. The number of hydrogen-bond donors (Lipinski definition) is 2. The van der Waals surface area contributed by atoms with Crippen LogP contribution < -0.4 is 10.6 Å². The summed E-state index contributed by atoms with van der Waals surface area (Å²) in [5, 5.41) is 6.59. The largest absolute Gasteiger partial charge is 0.401 e. The second-order valence-corrected chi connectivity index (χ2v) is 7.17. The number of halogens is 4. The molecule has 2 N–H and O–H groups in total. The third-order valence-corrected chi connectivity index (χ3v) is 5.46. The van der Waals surface area contributed by atoms with Crippen LogP contribution in [0.5, 0.6) is 0 Å². The van der Waals surface area contributed by atoms with E-state index in [4.69, 9.17) is 4.74 Å². The summed E-state index contributed by atoms with van der Waals surface area (Å²) in [4.78, 5) is 5.48. The van der Waals surface area contributed by atoms with Gasteiger partial charge in [-0.25, -0.2) is 0 Å². The molecule has 2 atom stereocenters. The van der Waals surface area contributed by atoms with Crippen molar-refractivity contribution in [2.75, 3.05) is 40.3 Å². The minimum Gasteiger partial charge on any atom is -0.378 e. The zero-order valence-corrected chi connectivity index (χ0v) is 18.2. The molecule has 5 nitrogen and oxygen atoms in total. The molecule has 0 heterocycles. The number of ether oxygens (including phenoxy) is 1. The maximum absolute atomic E-state index is 12.3. The van der Waals surface area contributed by atoms with Crippen molar-refractivity contribution >= 4 is 29.9 Å². The monoisotopic (exact) mass is 492 g/mol. The number of guanidine groups is 1. The zero-order valence-electron chi connectivity index (χ0n) is 15.9. The van der Waals surface area contributed by atoms with Crippen LogP contribution in [0.1, 0.15) is 39.0 Å². The molecule has 2 rings (SSSR count). The van der Waals surface area contributed by atoms with E-state index >= 15 is 0 Å². The van der Waals surface area contributed by atoms with Crippen molar-refractivity contribution in [2.45, 2.75) is 57.3 Å². The molecule has 2 unspecified atom stereocenters. The first kappa shape index (κ1) is 23.7. The molecule has 1 spiro atoms. The van der Waals surface area contributed by atoms with Crippen LogP contribution in [0.3, 0.4) is 0 Å². The molecule has 0 aromatic carbocycles. The van der Waals surface area contributed by atoms with E-state index < -0.39 is 12.7 Å². The fraction of sp³-hybridized carbons (Fsp3) is 0.941. The molecule has 0 bridgehead atoms. The molecule has 0 saturated heterocycles. The van der Waals surface area contributed by atoms with Crippen molar-refractivity contribution in [1.29, 1.82) is 0 Å².